The second-order valence-corrected chi connectivity index (χ2v) is 7.22. The Morgan fingerprint density at radius 2 is 1.63 bits per heavy atom. The molecule has 2 rings (SSSR count). The molecule has 27 heavy (non-hydrogen) atoms. The predicted octanol–water partition coefficient (Wildman–Crippen LogP) is 3.90. The van der Waals surface area contributed by atoms with Crippen LogP contribution in [0.25, 0.3) is 0 Å². The van der Waals surface area contributed by atoms with Crippen LogP contribution in [-0.4, -0.2) is 49.9 Å². The molecule has 0 aliphatic heterocycles. The van der Waals surface area contributed by atoms with Crippen LogP contribution >= 0.6 is 23.2 Å². The third kappa shape index (κ3) is 5.88. The van der Waals surface area contributed by atoms with Crippen molar-refractivity contribution < 1.29 is 4.79 Å². The van der Waals surface area contributed by atoms with Crippen LogP contribution in [0.5, 0.6) is 0 Å². The van der Waals surface area contributed by atoms with Crippen molar-refractivity contribution in [3.63, 3.8) is 0 Å². The number of nitrogens with zero attached hydrogens (tertiary/aromatic N) is 3. The van der Waals surface area contributed by atoms with E-state index in [1.807, 2.05) is 48.3 Å². The molecule has 5 nitrogen and oxygen atoms in total. The second kappa shape index (κ2) is 9.62. The SMILES string of the molecule is CN=C(NCc1ccc(C(=O)N(C)C)cc1)N(C)Cc1ccc(Cl)c(Cl)c1. The van der Waals surface area contributed by atoms with Crippen LogP contribution in [-0.2, 0) is 13.1 Å². The van der Waals surface area contributed by atoms with E-state index in [1.165, 1.54) is 0 Å². The molecule has 0 spiro atoms. The predicted molar refractivity (Wildman–Crippen MR) is 113 cm³/mol. The summed E-state index contributed by atoms with van der Waals surface area (Å²) in [6.07, 6.45) is 0. The summed E-state index contributed by atoms with van der Waals surface area (Å²) in [4.78, 5) is 19.8. The monoisotopic (exact) mass is 406 g/mol. The lowest BCUT2D eigenvalue weighted by atomic mass is 10.1. The number of rotatable bonds is 5. The molecule has 2 aromatic rings. The largest absolute Gasteiger partial charge is 0.352 e. The Kier molecular flexibility index (Phi) is 7.51. The van der Waals surface area contributed by atoms with Gasteiger partial charge < -0.3 is 15.1 Å². The summed E-state index contributed by atoms with van der Waals surface area (Å²) in [5.74, 6) is 0.751. The zero-order valence-corrected chi connectivity index (χ0v) is 17.5. The molecule has 0 saturated carbocycles. The van der Waals surface area contributed by atoms with Gasteiger partial charge in [0.2, 0.25) is 0 Å². The van der Waals surface area contributed by atoms with Crippen LogP contribution in [0.3, 0.4) is 0 Å². The van der Waals surface area contributed by atoms with E-state index in [2.05, 4.69) is 10.3 Å². The molecule has 7 heteroatoms. The van der Waals surface area contributed by atoms with Gasteiger partial charge in [0.15, 0.2) is 5.96 Å². The Morgan fingerprint density at radius 3 is 2.19 bits per heavy atom. The van der Waals surface area contributed by atoms with E-state index in [1.54, 1.807) is 32.1 Å². The van der Waals surface area contributed by atoms with Gasteiger partial charge in [0.25, 0.3) is 5.91 Å². The lowest BCUT2D eigenvalue weighted by Gasteiger charge is -2.22. The first-order valence-electron chi connectivity index (χ1n) is 8.48. The van der Waals surface area contributed by atoms with Gasteiger partial charge in [-0.3, -0.25) is 9.79 Å². The van der Waals surface area contributed by atoms with Crippen molar-refractivity contribution >= 4 is 35.1 Å². The molecule has 0 fully saturated rings. The molecule has 2 aromatic carbocycles. The lowest BCUT2D eigenvalue weighted by molar-refractivity contribution is 0.0827. The number of hydrogen-bond acceptors (Lipinski definition) is 2. The summed E-state index contributed by atoms with van der Waals surface area (Å²) in [6, 6.07) is 13.1. The van der Waals surface area contributed by atoms with Gasteiger partial charge in [0.1, 0.15) is 0 Å². The molecule has 0 aliphatic carbocycles. The normalized spacial score (nSPS) is 11.3. The van der Waals surface area contributed by atoms with E-state index in [0.717, 1.165) is 17.1 Å². The van der Waals surface area contributed by atoms with Crippen molar-refractivity contribution in [2.45, 2.75) is 13.1 Å². The zero-order valence-electron chi connectivity index (χ0n) is 16.0. The van der Waals surface area contributed by atoms with Crippen molar-refractivity contribution in [1.29, 1.82) is 0 Å². The minimum Gasteiger partial charge on any atom is -0.352 e. The molecular formula is C20H24Cl2N4O. The summed E-state index contributed by atoms with van der Waals surface area (Å²) in [6.45, 7) is 1.25. The first-order valence-corrected chi connectivity index (χ1v) is 9.23. The Bertz CT molecular complexity index is 819. The smallest absolute Gasteiger partial charge is 0.253 e. The summed E-state index contributed by atoms with van der Waals surface area (Å²) in [5, 5.41) is 4.41. The first-order chi connectivity index (χ1) is 12.8. The molecule has 1 N–H and O–H groups in total. The fourth-order valence-electron chi connectivity index (χ4n) is 2.58. The number of carbonyl (C=O) groups excluding carboxylic acids is 1. The highest BCUT2D eigenvalue weighted by atomic mass is 35.5. The van der Waals surface area contributed by atoms with Gasteiger partial charge in [0.05, 0.1) is 10.0 Å². The van der Waals surface area contributed by atoms with Crippen molar-refractivity contribution in [3.8, 4) is 0 Å². The summed E-state index contributed by atoms with van der Waals surface area (Å²) in [7, 11) is 7.18. The van der Waals surface area contributed by atoms with E-state index in [4.69, 9.17) is 23.2 Å². The number of nitrogens with one attached hydrogen (secondary N) is 1. The van der Waals surface area contributed by atoms with Gasteiger partial charge in [-0.15, -0.1) is 0 Å². The molecule has 1 amide bonds. The molecule has 0 saturated heterocycles. The first kappa shape index (κ1) is 21.1. The van der Waals surface area contributed by atoms with Crippen molar-refractivity contribution in [2.24, 2.45) is 4.99 Å². The van der Waals surface area contributed by atoms with Crippen LogP contribution in [0.15, 0.2) is 47.5 Å². The van der Waals surface area contributed by atoms with Crippen LogP contribution in [0.1, 0.15) is 21.5 Å². The number of guanidine groups is 1. The van der Waals surface area contributed by atoms with Gasteiger partial charge >= 0.3 is 0 Å². The molecule has 0 unspecified atom stereocenters. The number of carbonyl (C=O) groups is 1. The van der Waals surface area contributed by atoms with Crippen molar-refractivity contribution in [1.82, 2.24) is 15.1 Å². The van der Waals surface area contributed by atoms with E-state index >= 15 is 0 Å². The van der Waals surface area contributed by atoms with Gasteiger partial charge in [-0.1, -0.05) is 41.4 Å². The van der Waals surface area contributed by atoms with Crippen molar-refractivity contribution in [3.05, 3.63) is 69.2 Å². The Balaban J connectivity index is 1.96. The average molecular weight is 407 g/mol. The summed E-state index contributed by atoms with van der Waals surface area (Å²) in [5.41, 5.74) is 2.78. The van der Waals surface area contributed by atoms with E-state index in [-0.39, 0.29) is 5.91 Å². The summed E-state index contributed by atoms with van der Waals surface area (Å²) < 4.78 is 0. The lowest BCUT2D eigenvalue weighted by Crippen LogP contribution is -2.38. The van der Waals surface area contributed by atoms with E-state index < -0.39 is 0 Å². The minimum atomic E-state index is -0.00771. The van der Waals surface area contributed by atoms with Crippen LogP contribution < -0.4 is 5.32 Å². The van der Waals surface area contributed by atoms with Gasteiger partial charge in [-0.2, -0.15) is 0 Å². The van der Waals surface area contributed by atoms with Crippen molar-refractivity contribution in [2.75, 3.05) is 28.2 Å². The Labute approximate surface area is 170 Å². The number of halogens is 2. The molecule has 0 heterocycles. The van der Waals surface area contributed by atoms with Gasteiger partial charge in [-0.05, 0) is 35.4 Å². The van der Waals surface area contributed by atoms with Gasteiger partial charge in [-0.25, -0.2) is 0 Å². The third-order valence-electron chi connectivity index (χ3n) is 4.03. The molecule has 0 atom stereocenters. The van der Waals surface area contributed by atoms with Crippen LogP contribution in [0, 0.1) is 0 Å². The maximum atomic E-state index is 11.9. The maximum Gasteiger partial charge on any atom is 0.253 e. The fraction of sp³-hybridized carbons (Fsp3) is 0.300. The highest BCUT2D eigenvalue weighted by molar-refractivity contribution is 6.42. The molecule has 0 bridgehead atoms. The Morgan fingerprint density at radius 1 is 1.00 bits per heavy atom. The molecule has 144 valence electrons. The van der Waals surface area contributed by atoms with Gasteiger partial charge in [0, 0.05) is 46.8 Å². The van der Waals surface area contributed by atoms with E-state index in [9.17, 15) is 4.79 Å². The quantitative estimate of drug-likeness (QED) is 0.604. The molecular weight excluding hydrogens is 383 g/mol. The zero-order chi connectivity index (χ0) is 20.0. The molecule has 0 radical (unpaired) electrons. The maximum absolute atomic E-state index is 11.9. The molecule has 0 aromatic heterocycles. The third-order valence-corrected chi connectivity index (χ3v) is 4.77. The number of hydrogen-bond donors (Lipinski definition) is 1. The summed E-state index contributed by atoms with van der Waals surface area (Å²) >= 11 is 12.1. The number of aliphatic imine (C=N–C) groups is 1. The Hall–Kier alpha value is -2.24. The fourth-order valence-corrected chi connectivity index (χ4v) is 2.90. The molecule has 0 aliphatic rings. The standard InChI is InChI=1S/C20H24Cl2N4O/c1-23-20(26(4)13-15-7-10-17(21)18(22)11-15)24-12-14-5-8-16(9-6-14)19(27)25(2)3/h5-11H,12-13H2,1-4H3,(H,23,24). The highest BCUT2D eigenvalue weighted by Gasteiger charge is 2.10. The topological polar surface area (TPSA) is 47.9 Å². The number of amides is 1. The average Bonchev–Trinajstić information content (AvgIpc) is 2.65. The minimum absolute atomic E-state index is 0.00771. The second-order valence-electron chi connectivity index (χ2n) is 6.40. The van der Waals surface area contributed by atoms with E-state index in [0.29, 0.717) is 28.7 Å². The van der Waals surface area contributed by atoms with Crippen LogP contribution in [0.2, 0.25) is 10.0 Å². The van der Waals surface area contributed by atoms with Crippen LogP contribution in [0.4, 0.5) is 0 Å². The highest BCUT2D eigenvalue weighted by Crippen LogP contribution is 2.23. The number of benzene rings is 2.